The summed E-state index contributed by atoms with van der Waals surface area (Å²) in [6.45, 7) is 4.96. The summed E-state index contributed by atoms with van der Waals surface area (Å²) in [6, 6.07) is 17.3. The van der Waals surface area contributed by atoms with Crippen molar-refractivity contribution in [1.29, 1.82) is 0 Å². The van der Waals surface area contributed by atoms with Crippen molar-refractivity contribution in [1.82, 2.24) is 9.88 Å². The highest BCUT2D eigenvalue weighted by molar-refractivity contribution is 9.10. The third-order valence-electron chi connectivity index (χ3n) is 3.74. The first kappa shape index (κ1) is 14.4. The van der Waals surface area contributed by atoms with Gasteiger partial charge in [0.1, 0.15) is 0 Å². The maximum Gasteiger partial charge on any atom is 0.0486 e. The van der Waals surface area contributed by atoms with Gasteiger partial charge in [0.05, 0.1) is 0 Å². The lowest BCUT2D eigenvalue weighted by Gasteiger charge is -2.08. The average molecular weight is 343 g/mol. The molecule has 0 aliphatic carbocycles. The molecule has 0 aliphatic rings. The quantitative estimate of drug-likeness (QED) is 0.719. The maximum absolute atomic E-state index is 3.48. The molecule has 0 saturated heterocycles. The van der Waals surface area contributed by atoms with Gasteiger partial charge in [-0.3, -0.25) is 0 Å². The predicted octanol–water partition coefficient (Wildman–Crippen LogP) is 4.56. The molecule has 0 aliphatic heterocycles. The Hall–Kier alpha value is -1.58. The second-order valence-corrected chi connectivity index (χ2v) is 6.12. The van der Waals surface area contributed by atoms with E-state index in [-0.39, 0.29) is 0 Å². The van der Waals surface area contributed by atoms with Gasteiger partial charge in [0, 0.05) is 34.7 Å². The van der Waals surface area contributed by atoms with E-state index in [0.717, 1.165) is 24.1 Å². The zero-order valence-corrected chi connectivity index (χ0v) is 13.7. The molecule has 3 heteroatoms. The lowest BCUT2D eigenvalue weighted by Crippen LogP contribution is -2.11. The minimum atomic E-state index is 0.904. The number of aromatic nitrogens is 1. The van der Waals surface area contributed by atoms with Gasteiger partial charge >= 0.3 is 0 Å². The number of halogens is 1. The summed E-state index contributed by atoms with van der Waals surface area (Å²) in [5, 5.41) is 4.75. The van der Waals surface area contributed by atoms with Crippen LogP contribution in [0.3, 0.4) is 0 Å². The Balaban J connectivity index is 1.91. The minimum absolute atomic E-state index is 0.904. The zero-order valence-electron chi connectivity index (χ0n) is 12.1. The van der Waals surface area contributed by atoms with Crippen LogP contribution in [0.4, 0.5) is 0 Å². The molecule has 0 fully saturated rings. The Kier molecular flexibility index (Phi) is 4.42. The van der Waals surface area contributed by atoms with Gasteiger partial charge in [-0.1, -0.05) is 47.1 Å². The summed E-state index contributed by atoms with van der Waals surface area (Å²) in [7, 11) is 0. The van der Waals surface area contributed by atoms with E-state index in [9.17, 15) is 0 Å². The fraction of sp³-hybridized carbons (Fsp3) is 0.222. The van der Waals surface area contributed by atoms with Crippen molar-refractivity contribution in [3.8, 4) is 0 Å². The van der Waals surface area contributed by atoms with Crippen LogP contribution < -0.4 is 5.32 Å². The first-order valence-electron chi connectivity index (χ1n) is 7.30. The molecule has 3 rings (SSSR count). The van der Waals surface area contributed by atoms with E-state index in [4.69, 9.17) is 0 Å². The fourth-order valence-electron chi connectivity index (χ4n) is 2.63. The van der Waals surface area contributed by atoms with E-state index in [1.807, 2.05) is 0 Å². The van der Waals surface area contributed by atoms with Gasteiger partial charge in [-0.2, -0.15) is 0 Å². The van der Waals surface area contributed by atoms with Crippen molar-refractivity contribution in [2.75, 3.05) is 6.54 Å². The van der Waals surface area contributed by atoms with Gasteiger partial charge < -0.3 is 9.88 Å². The molecule has 3 aromatic rings. The number of rotatable bonds is 5. The van der Waals surface area contributed by atoms with Gasteiger partial charge in [-0.15, -0.1) is 0 Å². The van der Waals surface area contributed by atoms with E-state index in [1.165, 1.54) is 22.0 Å². The number of benzene rings is 2. The van der Waals surface area contributed by atoms with Crippen LogP contribution in [0, 0.1) is 0 Å². The van der Waals surface area contributed by atoms with Gasteiger partial charge in [0.2, 0.25) is 0 Å². The summed E-state index contributed by atoms with van der Waals surface area (Å²) < 4.78 is 3.44. The minimum Gasteiger partial charge on any atom is -0.343 e. The Morgan fingerprint density at radius 3 is 2.62 bits per heavy atom. The Morgan fingerprint density at radius 1 is 1.05 bits per heavy atom. The lowest BCUT2D eigenvalue weighted by molar-refractivity contribution is 0.730. The predicted molar refractivity (Wildman–Crippen MR) is 92.6 cm³/mol. The smallest absolute Gasteiger partial charge is 0.0486 e. The van der Waals surface area contributed by atoms with Crippen LogP contribution in [0.25, 0.3) is 10.9 Å². The maximum atomic E-state index is 3.48. The van der Waals surface area contributed by atoms with E-state index in [0.29, 0.717) is 0 Å². The third-order valence-corrected chi connectivity index (χ3v) is 4.26. The van der Waals surface area contributed by atoms with Crippen molar-refractivity contribution < 1.29 is 0 Å². The summed E-state index contributed by atoms with van der Waals surface area (Å²) in [5.41, 5.74) is 3.98. The molecule has 0 amide bonds. The van der Waals surface area contributed by atoms with Gasteiger partial charge in [-0.05, 0) is 41.9 Å². The fourth-order valence-corrected chi connectivity index (χ4v) is 2.89. The van der Waals surface area contributed by atoms with Crippen molar-refractivity contribution >= 4 is 26.8 Å². The molecule has 0 radical (unpaired) electrons. The van der Waals surface area contributed by atoms with Crippen molar-refractivity contribution in [2.45, 2.75) is 20.0 Å². The van der Waals surface area contributed by atoms with Crippen molar-refractivity contribution in [3.63, 3.8) is 0 Å². The molecule has 0 saturated carbocycles. The van der Waals surface area contributed by atoms with Crippen LogP contribution in [0.15, 0.2) is 59.2 Å². The molecule has 1 N–H and O–H groups in total. The molecular weight excluding hydrogens is 324 g/mol. The van der Waals surface area contributed by atoms with Crippen LogP contribution in [0.5, 0.6) is 0 Å². The highest BCUT2D eigenvalue weighted by atomic mass is 79.9. The van der Waals surface area contributed by atoms with Crippen LogP contribution in [-0.2, 0) is 13.1 Å². The summed E-state index contributed by atoms with van der Waals surface area (Å²) in [4.78, 5) is 0. The molecule has 0 spiro atoms. The van der Waals surface area contributed by atoms with Crippen LogP contribution in [0.2, 0.25) is 0 Å². The first-order valence-corrected chi connectivity index (χ1v) is 8.09. The molecule has 0 bridgehead atoms. The number of nitrogens with zero attached hydrogens (tertiary/aromatic N) is 1. The standard InChI is InChI=1S/C18H19BrN2/c1-2-20-12-15-4-3-5-18-17(15)10-11-21(18)13-14-6-8-16(19)9-7-14/h3-11,20H,2,12-13H2,1H3. The molecular formula is C18H19BrN2. The summed E-state index contributed by atoms with van der Waals surface area (Å²) in [5.74, 6) is 0. The van der Waals surface area contributed by atoms with Crippen LogP contribution in [-0.4, -0.2) is 11.1 Å². The van der Waals surface area contributed by atoms with E-state index in [1.54, 1.807) is 0 Å². The van der Waals surface area contributed by atoms with E-state index < -0.39 is 0 Å². The number of hydrogen-bond donors (Lipinski definition) is 1. The molecule has 2 nitrogen and oxygen atoms in total. The van der Waals surface area contributed by atoms with Crippen LogP contribution in [0.1, 0.15) is 18.1 Å². The van der Waals surface area contributed by atoms with Crippen molar-refractivity contribution in [2.24, 2.45) is 0 Å². The van der Waals surface area contributed by atoms with E-state index in [2.05, 4.69) is 87.5 Å². The summed E-state index contributed by atoms with van der Waals surface area (Å²) in [6.07, 6.45) is 2.18. The Morgan fingerprint density at radius 2 is 1.86 bits per heavy atom. The third kappa shape index (κ3) is 3.20. The SMILES string of the molecule is CCNCc1cccc2c1ccn2Cc1ccc(Br)cc1. The lowest BCUT2D eigenvalue weighted by atomic mass is 10.1. The molecule has 2 aromatic carbocycles. The second-order valence-electron chi connectivity index (χ2n) is 5.20. The average Bonchev–Trinajstić information content (AvgIpc) is 2.91. The molecule has 1 heterocycles. The normalized spacial score (nSPS) is 11.1. The zero-order chi connectivity index (χ0) is 14.7. The molecule has 108 valence electrons. The molecule has 21 heavy (non-hydrogen) atoms. The second kappa shape index (κ2) is 6.46. The molecule has 0 unspecified atom stereocenters. The Labute approximate surface area is 133 Å². The van der Waals surface area contributed by atoms with Gasteiger partial charge in [0.25, 0.3) is 0 Å². The topological polar surface area (TPSA) is 17.0 Å². The monoisotopic (exact) mass is 342 g/mol. The van der Waals surface area contributed by atoms with Gasteiger partial charge in [-0.25, -0.2) is 0 Å². The number of hydrogen-bond acceptors (Lipinski definition) is 1. The number of fused-ring (bicyclic) bond motifs is 1. The van der Waals surface area contributed by atoms with Crippen LogP contribution >= 0.6 is 15.9 Å². The molecule has 1 aromatic heterocycles. The molecule has 0 atom stereocenters. The summed E-state index contributed by atoms with van der Waals surface area (Å²) >= 11 is 3.48. The largest absolute Gasteiger partial charge is 0.343 e. The van der Waals surface area contributed by atoms with Crippen molar-refractivity contribution in [3.05, 3.63) is 70.3 Å². The van der Waals surface area contributed by atoms with E-state index >= 15 is 0 Å². The highest BCUT2D eigenvalue weighted by Crippen LogP contribution is 2.22. The Bertz CT molecular complexity index is 729. The first-order chi connectivity index (χ1) is 10.3. The number of nitrogens with one attached hydrogen (secondary N) is 1. The highest BCUT2D eigenvalue weighted by Gasteiger charge is 2.05. The van der Waals surface area contributed by atoms with Gasteiger partial charge in [0.15, 0.2) is 0 Å².